The van der Waals surface area contributed by atoms with E-state index >= 15 is 0 Å². The molecule has 0 saturated carbocycles. The van der Waals surface area contributed by atoms with Gasteiger partial charge in [0.1, 0.15) is 17.9 Å². The van der Waals surface area contributed by atoms with Crippen LogP contribution >= 0.6 is 11.6 Å². The summed E-state index contributed by atoms with van der Waals surface area (Å²) in [4.78, 5) is 10.9. The molecule has 0 fully saturated rings. The van der Waals surface area contributed by atoms with E-state index in [1.54, 1.807) is 12.1 Å². The van der Waals surface area contributed by atoms with Gasteiger partial charge in [0.15, 0.2) is 0 Å². The summed E-state index contributed by atoms with van der Waals surface area (Å²) in [5, 5.41) is 9.33. The molecule has 0 saturated heterocycles. The molecule has 94 valence electrons. The Morgan fingerprint density at radius 1 is 1.35 bits per heavy atom. The van der Waals surface area contributed by atoms with Gasteiger partial charge in [-0.2, -0.15) is 0 Å². The number of ether oxygens (including phenoxy) is 2. The highest BCUT2D eigenvalue weighted by molar-refractivity contribution is 6.31. The minimum absolute atomic E-state index is 0.0630. The zero-order chi connectivity index (χ0) is 12.7. The van der Waals surface area contributed by atoms with Gasteiger partial charge in [-0.1, -0.05) is 18.5 Å². The zero-order valence-electron chi connectivity index (χ0n) is 9.61. The smallest absolute Gasteiger partial charge is 0.339 e. The van der Waals surface area contributed by atoms with Crippen molar-refractivity contribution in [3.8, 4) is 5.75 Å². The van der Waals surface area contributed by atoms with Crippen LogP contribution in [-0.4, -0.2) is 30.9 Å². The third kappa shape index (κ3) is 4.63. The monoisotopic (exact) mass is 258 g/mol. The molecule has 0 aromatic heterocycles. The van der Waals surface area contributed by atoms with E-state index in [1.807, 2.05) is 6.92 Å². The third-order valence-electron chi connectivity index (χ3n) is 2.01. The number of carbonyl (C=O) groups is 1. The Morgan fingerprint density at radius 3 is 2.76 bits per heavy atom. The van der Waals surface area contributed by atoms with E-state index < -0.39 is 5.97 Å². The standard InChI is InChI=1S/C12H15ClO4/c1-2-5-16-6-7-17-11-4-3-9(13)8-10(11)12(14)15/h3-4,8H,2,5-7H2,1H3,(H,14,15). The SMILES string of the molecule is CCCOCCOc1ccc(Cl)cc1C(=O)O. The number of rotatable bonds is 7. The molecule has 0 aliphatic rings. The zero-order valence-corrected chi connectivity index (χ0v) is 10.4. The van der Waals surface area contributed by atoms with Crippen LogP contribution in [0.3, 0.4) is 0 Å². The van der Waals surface area contributed by atoms with E-state index in [0.717, 1.165) is 6.42 Å². The van der Waals surface area contributed by atoms with E-state index in [9.17, 15) is 4.79 Å². The van der Waals surface area contributed by atoms with Crippen molar-refractivity contribution in [1.82, 2.24) is 0 Å². The van der Waals surface area contributed by atoms with E-state index in [2.05, 4.69) is 0 Å². The van der Waals surface area contributed by atoms with Crippen LogP contribution in [0, 0.1) is 0 Å². The minimum Gasteiger partial charge on any atom is -0.490 e. The lowest BCUT2D eigenvalue weighted by Crippen LogP contribution is -2.09. The van der Waals surface area contributed by atoms with Crippen LogP contribution in [0.25, 0.3) is 0 Å². The van der Waals surface area contributed by atoms with Crippen molar-refractivity contribution in [3.05, 3.63) is 28.8 Å². The molecule has 1 N–H and O–H groups in total. The molecule has 0 atom stereocenters. The fourth-order valence-corrected chi connectivity index (χ4v) is 1.42. The quantitative estimate of drug-likeness (QED) is 0.764. The molecule has 0 heterocycles. The lowest BCUT2D eigenvalue weighted by molar-refractivity contribution is 0.0685. The van der Waals surface area contributed by atoms with Crippen molar-refractivity contribution in [2.24, 2.45) is 0 Å². The largest absolute Gasteiger partial charge is 0.490 e. The number of halogens is 1. The molecule has 1 rings (SSSR count). The summed E-state index contributed by atoms with van der Waals surface area (Å²) in [6.07, 6.45) is 0.946. The Balaban J connectivity index is 2.55. The summed E-state index contributed by atoms with van der Waals surface area (Å²) in [6.45, 7) is 3.45. The molecular formula is C12H15ClO4. The van der Waals surface area contributed by atoms with Gasteiger partial charge in [-0.15, -0.1) is 0 Å². The Bertz CT molecular complexity index is 379. The first kappa shape index (κ1) is 13.8. The summed E-state index contributed by atoms with van der Waals surface area (Å²) in [5.74, 6) is -0.751. The average Bonchev–Trinajstić information content (AvgIpc) is 2.30. The number of hydrogen-bond donors (Lipinski definition) is 1. The van der Waals surface area contributed by atoms with Gasteiger partial charge in [-0.3, -0.25) is 0 Å². The van der Waals surface area contributed by atoms with Crippen molar-refractivity contribution in [2.45, 2.75) is 13.3 Å². The Hall–Kier alpha value is -1.26. The fourth-order valence-electron chi connectivity index (χ4n) is 1.25. The van der Waals surface area contributed by atoms with Crippen molar-refractivity contribution in [3.63, 3.8) is 0 Å². The van der Waals surface area contributed by atoms with Gasteiger partial charge >= 0.3 is 5.97 Å². The van der Waals surface area contributed by atoms with Crippen molar-refractivity contribution < 1.29 is 19.4 Å². The van der Waals surface area contributed by atoms with Crippen molar-refractivity contribution in [1.29, 1.82) is 0 Å². The van der Waals surface area contributed by atoms with Gasteiger partial charge in [-0.25, -0.2) is 4.79 Å². The summed E-state index contributed by atoms with van der Waals surface area (Å²) >= 11 is 5.72. The van der Waals surface area contributed by atoms with Gasteiger partial charge in [0.25, 0.3) is 0 Å². The predicted octanol–water partition coefficient (Wildman–Crippen LogP) is 2.84. The van der Waals surface area contributed by atoms with Gasteiger partial charge < -0.3 is 14.6 Å². The number of benzene rings is 1. The van der Waals surface area contributed by atoms with Gasteiger partial charge in [0.05, 0.1) is 6.61 Å². The molecule has 1 aromatic carbocycles. The molecule has 1 aromatic rings. The Labute approximate surface area is 105 Å². The molecule has 0 spiro atoms. The lowest BCUT2D eigenvalue weighted by atomic mass is 10.2. The topological polar surface area (TPSA) is 55.8 Å². The van der Waals surface area contributed by atoms with Crippen molar-refractivity contribution in [2.75, 3.05) is 19.8 Å². The normalized spacial score (nSPS) is 10.2. The number of carboxylic acids is 1. The first-order valence-electron chi connectivity index (χ1n) is 5.38. The van der Waals surface area contributed by atoms with Gasteiger partial charge in [0.2, 0.25) is 0 Å². The van der Waals surface area contributed by atoms with E-state index in [0.29, 0.717) is 30.6 Å². The van der Waals surface area contributed by atoms with Crippen LogP contribution in [0.5, 0.6) is 5.75 Å². The second-order valence-electron chi connectivity index (χ2n) is 3.41. The molecule has 17 heavy (non-hydrogen) atoms. The molecule has 0 bridgehead atoms. The number of carboxylic acid groups (broad SMARTS) is 1. The first-order chi connectivity index (χ1) is 8.15. The van der Waals surface area contributed by atoms with Gasteiger partial charge in [0, 0.05) is 11.6 Å². The van der Waals surface area contributed by atoms with Crippen LogP contribution in [-0.2, 0) is 4.74 Å². The molecule has 0 aliphatic heterocycles. The molecule has 0 unspecified atom stereocenters. The number of hydrogen-bond acceptors (Lipinski definition) is 3. The number of aromatic carboxylic acids is 1. The molecule has 0 radical (unpaired) electrons. The maximum atomic E-state index is 10.9. The summed E-state index contributed by atoms with van der Waals surface area (Å²) in [7, 11) is 0. The lowest BCUT2D eigenvalue weighted by Gasteiger charge is -2.09. The molecule has 0 aliphatic carbocycles. The van der Waals surface area contributed by atoms with E-state index in [4.69, 9.17) is 26.2 Å². The van der Waals surface area contributed by atoms with Crippen LogP contribution in [0.1, 0.15) is 23.7 Å². The predicted molar refractivity (Wildman–Crippen MR) is 65.0 cm³/mol. The molecular weight excluding hydrogens is 244 g/mol. The third-order valence-corrected chi connectivity index (χ3v) is 2.24. The Kier molecular flexibility index (Phi) is 5.80. The fraction of sp³-hybridized carbons (Fsp3) is 0.417. The van der Waals surface area contributed by atoms with Gasteiger partial charge in [-0.05, 0) is 24.6 Å². The maximum Gasteiger partial charge on any atom is 0.339 e. The molecule has 5 heteroatoms. The summed E-state index contributed by atoms with van der Waals surface area (Å²) in [6, 6.07) is 4.51. The van der Waals surface area contributed by atoms with E-state index in [1.165, 1.54) is 6.07 Å². The summed E-state index contributed by atoms with van der Waals surface area (Å²) < 4.78 is 10.6. The minimum atomic E-state index is -1.06. The molecule has 4 nitrogen and oxygen atoms in total. The van der Waals surface area contributed by atoms with E-state index in [-0.39, 0.29) is 5.56 Å². The average molecular weight is 259 g/mol. The van der Waals surface area contributed by atoms with Crippen LogP contribution in [0.4, 0.5) is 0 Å². The molecule has 0 amide bonds. The van der Waals surface area contributed by atoms with Crippen molar-refractivity contribution >= 4 is 17.6 Å². The second kappa shape index (κ2) is 7.14. The Morgan fingerprint density at radius 2 is 2.12 bits per heavy atom. The second-order valence-corrected chi connectivity index (χ2v) is 3.84. The highest BCUT2D eigenvalue weighted by atomic mass is 35.5. The highest BCUT2D eigenvalue weighted by Crippen LogP contribution is 2.22. The van der Waals surface area contributed by atoms with Crippen LogP contribution in [0.2, 0.25) is 5.02 Å². The first-order valence-corrected chi connectivity index (χ1v) is 5.76. The summed E-state index contributed by atoms with van der Waals surface area (Å²) in [5.41, 5.74) is 0.0630. The maximum absolute atomic E-state index is 10.9. The van der Waals surface area contributed by atoms with Crippen LogP contribution < -0.4 is 4.74 Å². The highest BCUT2D eigenvalue weighted by Gasteiger charge is 2.11. The van der Waals surface area contributed by atoms with Crippen LogP contribution in [0.15, 0.2) is 18.2 Å².